The smallest absolute Gasteiger partial charge is 0.215 e. The lowest BCUT2D eigenvalue weighted by Gasteiger charge is -2.35. The van der Waals surface area contributed by atoms with Crippen LogP contribution in [0.2, 0.25) is 0 Å². The molecule has 4 nitrogen and oxygen atoms in total. The van der Waals surface area contributed by atoms with Crippen LogP contribution in [-0.2, 0) is 10.0 Å². The fourth-order valence-corrected chi connectivity index (χ4v) is 5.24. The van der Waals surface area contributed by atoms with Gasteiger partial charge >= 0.3 is 0 Å². The van der Waals surface area contributed by atoms with E-state index in [-0.39, 0.29) is 11.2 Å². The summed E-state index contributed by atoms with van der Waals surface area (Å²) >= 11 is 0. The predicted octanol–water partition coefficient (Wildman–Crippen LogP) is 3.15. The van der Waals surface area contributed by atoms with Crippen LogP contribution in [0.4, 0.5) is 0 Å². The summed E-state index contributed by atoms with van der Waals surface area (Å²) in [4.78, 5) is 0. The molecule has 0 saturated heterocycles. The summed E-state index contributed by atoms with van der Waals surface area (Å²) in [5, 5.41) is -0.313. The minimum Gasteiger partial charge on any atom is -0.322 e. The highest BCUT2D eigenvalue weighted by molar-refractivity contribution is 7.90. The van der Waals surface area contributed by atoms with Crippen molar-refractivity contribution in [2.24, 2.45) is 11.7 Å². The first kappa shape index (κ1) is 17.1. The summed E-state index contributed by atoms with van der Waals surface area (Å²) in [5.41, 5.74) is 8.24. The third kappa shape index (κ3) is 3.53. The first-order valence-corrected chi connectivity index (χ1v) is 9.90. The number of nitrogens with two attached hydrogens (primary N) is 1. The molecule has 3 rings (SSSR count). The Morgan fingerprint density at radius 3 is 1.96 bits per heavy atom. The maximum Gasteiger partial charge on any atom is 0.215 e. The van der Waals surface area contributed by atoms with Crippen molar-refractivity contribution >= 4 is 10.0 Å². The number of hydrogen-bond donors (Lipinski definition) is 2. The van der Waals surface area contributed by atoms with Crippen molar-refractivity contribution in [1.29, 1.82) is 0 Å². The molecule has 4 atom stereocenters. The van der Waals surface area contributed by atoms with Gasteiger partial charge in [-0.3, -0.25) is 0 Å². The SMILES string of the molecule is C[C@@H]1CCC1S(=O)(=O)N[C@H](c1ccccc1)[C@H](N)c1ccccc1. The zero-order chi connectivity index (χ0) is 17.2. The van der Waals surface area contributed by atoms with Crippen molar-refractivity contribution < 1.29 is 8.42 Å². The van der Waals surface area contributed by atoms with Crippen LogP contribution in [0.15, 0.2) is 60.7 Å². The first-order valence-electron chi connectivity index (χ1n) is 8.35. The van der Waals surface area contributed by atoms with Crippen LogP contribution in [0.25, 0.3) is 0 Å². The van der Waals surface area contributed by atoms with E-state index < -0.39 is 22.1 Å². The standard InChI is InChI=1S/C19H24N2O2S/c1-14-12-13-17(14)24(22,23)21-19(16-10-6-3-7-11-16)18(20)15-8-4-2-5-9-15/h2-11,14,17-19,21H,12-13,20H2,1H3/t14-,17?,18-,19-/m1/s1. The fourth-order valence-electron chi connectivity index (χ4n) is 3.24. The van der Waals surface area contributed by atoms with Gasteiger partial charge in [-0.25, -0.2) is 13.1 Å². The highest BCUT2D eigenvalue weighted by Crippen LogP contribution is 2.35. The molecule has 2 aromatic carbocycles. The Morgan fingerprint density at radius 1 is 0.958 bits per heavy atom. The zero-order valence-corrected chi connectivity index (χ0v) is 14.6. The lowest BCUT2D eigenvalue weighted by Crippen LogP contribution is -2.47. The van der Waals surface area contributed by atoms with Crippen molar-refractivity contribution in [3.63, 3.8) is 0 Å². The van der Waals surface area contributed by atoms with E-state index in [1.54, 1.807) is 0 Å². The number of rotatable bonds is 6. The highest BCUT2D eigenvalue weighted by Gasteiger charge is 2.40. The molecule has 0 bridgehead atoms. The second-order valence-corrected chi connectivity index (χ2v) is 8.51. The van der Waals surface area contributed by atoms with Gasteiger partial charge in [-0.05, 0) is 29.9 Å². The van der Waals surface area contributed by atoms with E-state index in [1.165, 1.54) is 0 Å². The molecule has 0 heterocycles. The molecule has 1 aliphatic rings. The lowest BCUT2D eigenvalue weighted by molar-refractivity contribution is 0.338. The molecular weight excluding hydrogens is 320 g/mol. The molecule has 1 unspecified atom stereocenters. The van der Waals surface area contributed by atoms with E-state index in [2.05, 4.69) is 4.72 Å². The molecule has 0 radical (unpaired) electrons. The Morgan fingerprint density at radius 2 is 1.50 bits per heavy atom. The summed E-state index contributed by atoms with van der Waals surface area (Å²) < 4.78 is 28.4. The van der Waals surface area contributed by atoms with Gasteiger partial charge in [-0.1, -0.05) is 67.6 Å². The molecule has 1 saturated carbocycles. The van der Waals surface area contributed by atoms with Crippen molar-refractivity contribution in [3.05, 3.63) is 71.8 Å². The minimum atomic E-state index is -3.40. The molecule has 0 aliphatic heterocycles. The lowest BCUT2D eigenvalue weighted by atomic mass is 9.87. The largest absolute Gasteiger partial charge is 0.322 e. The molecule has 3 N–H and O–H groups in total. The topological polar surface area (TPSA) is 72.2 Å². The average Bonchev–Trinajstić information content (AvgIpc) is 2.59. The van der Waals surface area contributed by atoms with Crippen molar-refractivity contribution in [3.8, 4) is 0 Å². The van der Waals surface area contributed by atoms with Crippen LogP contribution in [0.3, 0.4) is 0 Å². The zero-order valence-electron chi connectivity index (χ0n) is 13.8. The molecule has 1 fully saturated rings. The van der Waals surface area contributed by atoms with Crippen molar-refractivity contribution in [2.75, 3.05) is 0 Å². The summed E-state index contributed by atoms with van der Waals surface area (Å²) in [7, 11) is -3.40. The van der Waals surface area contributed by atoms with Crippen LogP contribution in [-0.4, -0.2) is 13.7 Å². The molecule has 128 valence electrons. The number of hydrogen-bond acceptors (Lipinski definition) is 3. The number of sulfonamides is 1. The van der Waals surface area contributed by atoms with Gasteiger partial charge in [0.25, 0.3) is 0 Å². The Bertz CT molecular complexity index is 762. The first-order chi connectivity index (χ1) is 11.5. The Labute approximate surface area is 144 Å². The summed E-state index contributed by atoms with van der Waals surface area (Å²) in [6, 6.07) is 18.2. The van der Waals surface area contributed by atoms with E-state index in [0.717, 1.165) is 24.0 Å². The third-order valence-electron chi connectivity index (χ3n) is 4.93. The second kappa shape index (κ2) is 7.05. The predicted molar refractivity (Wildman–Crippen MR) is 96.8 cm³/mol. The second-order valence-electron chi connectivity index (χ2n) is 6.58. The maximum atomic E-state index is 12.8. The Hall–Kier alpha value is -1.69. The van der Waals surface area contributed by atoms with Crippen molar-refractivity contribution in [1.82, 2.24) is 4.72 Å². The van der Waals surface area contributed by atoms with Gasteiger partial charge < -0.3 is 5.73 Å². The van der Waals surface area contributed by atoms with Gasteiger partial charge in [0.15, 0.2) is 0 Å². The summed E-state index contributed by atoms with van der Waals surface area (Å²) in [6.45, 7) is 1.99. The Kier molecular flexibility index (Phi) is 5.04. The number of nitrogens with one attached hydrogen (secondary N) is 1. The molecule has 0 aromatic heterocycles. The summed E-state index contributed by atoms with van der Waals surface area (Å²) in [5.74, 6) is 0.201. The average molecular weight is 344 g/mol. The van der Waals surface area contributed by atoms with Gasteiger partial charge in [0.2, 0.25) is 10.0 Å². The van der Waals surface area contributed by atoms with E-state index >= 15 is 0 Å². The Balaban J connectivity index is 1.91. The molecule has 24 heavy (non-hydrogen) atoms. The van der Waals surface area contributed by atoms with Crippen LogP contribution in [0.5, 0.6) is 0 Å². The van der Waals surface area contributed by atoms with Gasteiger partial charge in [-0.15, -0.1) is 0 Å². The van der Waals surface area contributed by atoms with E-state index in [4.69, 9.17) is 5.73 Å². The summed E-state index contributed by atoms with van der Waals surface area (Å²) in [6.07, 6.45) is 1.69. The third-order valence-corrected chi connectivity index (χ3v) is 7.01. The van der Waals surface area contributed by atoms with Crippen molar-refractivity contribution in [2.45, 2.75) is 37.1 Å². The fraction of sp³-hybridized carbons (Fsp3) is 0.368. The highest BCUT2D eigenvalue weighted by atomic mass is 32.2. The molecule has 5 heteroatoms. The molecule has 0 amide bonds. The maximum absolute atomic E-state index is 12.8. The van der Waals surface area contributed by atoms with Crippen LogP contribution in [0, 0.1) is 5.92 Å². The van der Waals surface area contributed by atoms with Gasteiger partial charge in [0, 0.05) is 0 Å². The van der Waals surface area contributed by atoms with Gasteiger partial charge in [0.1, 0.15) is 0 Å². The minimum absolute atomic E-state index is 0.201. The van der Waals surface area contributed by atoms with Crippen LogP contribution < -0.4 is 10.5 Å². The molecule has 2 aromatic rings. The van der Waals surface area contributed by atoms with Gasteiger partial charge in [0.05, 0.1) is 17.3 Å². The molecule has 1 aliphatic carbocycles. The van der Waals surface area contributed by atoms with E-state index in [0.29, 0.717) is 0 Å². The monoisotopic (exact) mass is 344 g/mol. The number of benzene rings is 2. The van der Waals surface area contributed by atoms with E-state index in [9.17, 15) is 8.42 Å². The van der Waals surface area contributed by atoms with Crippen LogP contribution in [0.1, 0.15) is 43.0 Å². The molecule has 0 spiro atoms. The molecular formula is C19H24N2O2S. The van der Waals surface area contributed by atoms with Gasteiger partial charge in [-0.2, -0.15) is 0 Å². The normalized spacial score (nSPS) is 23.2. The van der Waals surface area contributed by atoms with E-state index in [1.807, 2.05) is 67.6 Å². The quantitative estimate of drug-likeness (QED) is 0.845. The van der Waals surface area contributed by atoms with Crippen LogP contribution >= 0.6 is 0 Å².